The monoisotopic (exact) mass is 889 g/mol. The number of hydrogen-bond acceptors (Lipinski definition) is 11. The molecular formula is C48H88O12S. The molecule has 13 heteroatoms. The first-order valence-corrected chi connectivity index (χ1v) is 25.6. The minimum absolute atomic E-state index is 0.0347. The van der Waals surface area contributed by atoms with Crippen molar-refractivity contribution in [2.75, 3.05) is 26.4 Å². The summed E-state index contributed by atoms with van der Waals surface area (Å²) in [5, 5.41) is 30.7. The molecular weight excluding hydrogens is 801 g/mol. The van der Waals surface area contributed by atoms with Crippen molar-refractivity contribution in [3.05, 3.63) is 36.5 Å². The zero-order chi connectivity index (χ0) is 44.7. The summed E-state index contributed by atoms with van der Waals surface area (Å²) >= 11 is 0. The number of aliphatic hydroxyl groups excluding tert-OH is 3. The van der Waals surface area contributed by atoms with Crippen molar-refractivity contribution in [3.8, 4) is 0 Å². The van der Waals surface area contributed by atoms with Gasteiger partial charge in [-0.3, -0.25) is 9.35 Å². The summed E-state index contributed by atoms with van der Waals surface area (Å²) in [6, 6.07) is 0. The molecule has 0 saturated carbocycles. The van der Waals surface area contributed by atoms with Gasteiger partial charge in [0.15, 0.2) is 6.29 Å². The van der Waals surface area contributed by atoms with Gasteiger partial charge in [0, 0.05) is 13.0 Å². The average Bonchev–Trinajstić information content (AvgIpc) is 3.23. The molecule has 4 N–H and O–H groups in total. The molecule has 6 atom stereocenters. The number of rotatable bonds is 42. The Morgan fingerprint density at radius 1 is 0.639 bits per heavy atom. The Morgan fingerprint density at radius 3 is 1.66 bits per heavy atom. The molecule has 1 rings (SSSR count). The van der Waals surface area contributed by atoms with Crippen molar-refractivity contribution in [2.24, 2.45) is 0 Å². The second-order valence-corrected chi connectivity index (χ2v) is 17.7. The van der Waals surface area contributed by atoms with Crippen LogP contribution in [0.2, 0.25) is 0 Å². The van der Waals surface area contributed by atoms with Crippen molar-refractivity contribution in [1.82, 2.24) is 0 Å². The number of unbranched alkanes of at least 4 members (excludes halogenated alkanes) is 23. The summed E-state index contributed by atoms with van der Waals surface area (Å²) in [6.45, 7) is 3.89. The number of ether oxygens (including phenoxy) is 4. The fourth-order valence-electron chi connectivity index (χ4n) is 7.39. The number of carbonyl (C=O) groups is 1. The largest absolute Gasteiger partial charge is 0.457 e. The van der Waals surface area contributed by atoms with Crippen LogP contribution in [0.1, 0.15) is 200 Å². The Morgan fingerprint density at radius 2 is 1.13 bits per heavy atom. The van der Waals surface area contributed by atoms with Crippen LogP contribution in [0.4, 0.5) is 0 Å². The van der Waals surface area contributed by atoms with Gasteiger partial charge in [0.05, 0.1) is 19.8 Å². The number of aliphatic hydroxyl groups is 3. The summed E-state index contributed by atoms with van der Waals surface area (Å²) < 4.78 is 59.2. The molecule has 6 unspecified atom stereocenters. The van der Waals surface area contributed by atoms with E-state index in [1.807, 2.05) is 0 Å². The number of allylic oxidation sites excluding steroid dienone is 6. The lowest BCUT2D eigenvalue weighted by atomic mass is 9.99. The minimum atomic E-state index is -5.06. The Kier molecular flexibility index (Phi) is 37.5. The van der Waals surface area contributed by atoms with E-state index in [0.29, 0.717) is 13.0 Å². The van der Waals surface area contributed by atoms with Gasteiger partial charge in [-0.25, -0.2) is 4.18 Å². The number of carbonyl (C=O) groups excluding carboxylic acids is 1. The molecule has 1 fully saturated rings. The molecule has 0 aliphatic carbocycles. The van der Waals surface area contributed by atoms with Crippen LogP contribution in [0.3, 0.4) is 0 Å². The Hall–Kier alpha value is -1.68. The van der Waals surface area contributed by atoms with Crippen LogP contribution < -0.4 is 0 Å². The topological polar surface area (TPSA) is 178 Å². The summed E-state index contributed by atoms with van der Waals surface area (Å²) in [5.41, 5.74) is 0. The normalized spacial score (nSPS) is 20.4. The Bertz CT molecular complexity index is 1210. The maximum Gasteiger partial charge on any atom is 0.397 e. The van der Waals surface area contributed by atoms with Crippen LogP contribution in [-0.2, 0) is 38.3 Å². The molecule has 12 nitrogen and oxygen atoms in total. The molecule has 0 aromatic carbocycles. The smallest absolute Gasteiger partial charge is 0.397 e. The van der Waals surface area contributed by atoms with Crippen molar-refractivity contribution < 1.29 is 56.2 Å². The lowest BCUT2D eigenvalue weighted by Crippen LogP contribution is -2.60. The molecule has 0 amide bonds. The minimum Gasteiger partial charge on any atom is -0.457 e. The molecule has 0 aromatic heterocycles. The van der Waals surface area contributed by atoms with E-state index in [2.05, 4.69) is 54.5 Å². The highest BCUT2D eigenvalue weighted by atomic mass is 32.3. The summed E-state index contributed by atoms with van der Waals surface area (Å²) in [6.07, 6.45) is 37.4. The van der Waals surface area contributed by atoms with Crippen molar-refractivity contribution >= 4 is 16.4 Å². The standard InChI is InChI=1S/C48H88O12S/c1-3-5-7-9-11-13-15-17-19-21-23-25-27-29-31-33-35-37-44(50)58-42(41-57-48-46(52)47(60-61(53,54)55)45(51)43(39-49)59-48)40-56-38-36-34-32-30-28-26-24-22-20-18-16-14-12-10-8-6-4-2/h5,7,11,13,17,19,42-43,45-49,51-52H,3-4,6,8-10,12,14-16,18,20-41H2,1-2H3,(H,53,54,55)/b7-5-,13-11-,19-17-. The molecule has 1 aliphatic heterocycles. The van der Waals surface area contributed by atoms with E-state index in [9.17, 15) is 33.1 Å². The van der Waals surface area contributed by atoms with Crippen molar-refractivity contribution in [3.63, 3.8) is 0 Å². The fourth-order valence-corrected chi connectivity index (χ4v) is 7.90. The third-order valence-corrected chi connectivity index (χ3v) is 11.5. The first kappa shape index (κ1) is 57.3. The Labute approximate surface area is 371 Å². The molecule has 0 radical (unpaired) electrons. The van der Waals surface area contributed by atoms with Crippen LogP contribution in [0.15, 0.2) is 36.5 Å². The summed E-state index contributed by atoms with van der Waals surface area (Å²) in [4.78, 5) is 12.9. The maximum absolute atomic E-state index is 12.9. The molecule has 1 aliphatic rings. The molecule has 358 valence electrons. The first-order chi connectivity index (χ1) is 29.6. The van der Waals surface area contributed by atoms with Crippen molar-refractivity contribution in [1.29, 1.82) is 0 Å². The third kappa shape index (κ3) is 33.5. The van der Waals surface area contributed by atoms with Gasteiger partial charge in [0.1, 0.15) is 30.5 Å². The lowest BCUT2D eigenvalue weighted by Gasteiger charge is -2.41. The number of esters is 1. The van der Waals surface area contributed by atoms with E-state index in [1.54, 1.807) is 0 Å². The van der Waals surface area contributed by atoms with Crippen LogP contribution in [0.5, 0.6) is 0 Å². The van der Waals surface area contributed by atoms with Crippen LogP contribution in [-0.4, -0.2) is 97.5 Å². The highest BCUT2D eigenvalue weighted by Crippen LogP contribution is 2.26. The predicted octanol–water partition coefficient (Wildman–Crippen LogP) is 10.6. The summed E-state index contributed by atoms with van der Waals surface area (Å²) in [5.74, 6) is -0.407. The van der Waals surface area contributed by atoms with Crippen molar-refractivity contribution in [2.45, 2.75) is 237 Å². The van der Waals surface area contributed by atoms with Gasteiger partial charge in [-0.1, -0.05) is 185 Å². The van der Waals surface area contributed by atoms with Gasteiger partial charge in [-0.2, -0.15) is 8.42 Å². The molecule has 1 heterocycles. The molecule has 61 heavy (non-hydrogen) atoms. The van der Waals surface area contributed by atoms with Gasteiger partial charge < -0.3 is 34.3 Å². The zero-order valence-corrected chi connectivity index (χ0v) is 39.0. The molecule has 0 bridgehead atoms. The van der Waals surface area contributed by atoms with E-state index in [0.717, 1.165) is 70.6 Å². The highest BCUT2D eigenvalue weighted by Gasteiger charge is 2.48. The predicted molar refractivity (Wildman–Crippen MR) is 243 cm³/mol. The van der Waals surface area contributed by atoms with Gasteiger partial charge in [-0.15, -0.1) is 0 Å². The third-order valence-electron chi connectivity index (χ3n) is 11.0. The fraction of sp³-hybridized carbons (Fsp3) is 0.854. The number of hydrogen-bond donors (Lipinski definition) is 4. The van der Waals surface area contributed by atoms with Gasteiger partial charge >= 0.3 is 16.4 Å². The highest BCUT2D eigenvalue weighted by molar-refractivity contribution is 7.80. The first-order valence-electron chi connectivity index (χ1n) is 24.2. The van der Waals surface area contributed by atoms with E-state index in [1.165, 1.54) is 103 Å². The molecule has 0 spiro atoms. The van der Waals surface area contributed by atoms with Crippen LogP contribution in [0, 0.1) is 0 Å². The van der Waals surface area contributed by atoms with E-state index in [4.69, 9.17) is 18.9 Å². The quantitative estimate of drug-likeness (QED) is 0.0198. The molecule has 0 aromatic rings. The van der Waals surface area contributed by atoms with Gasteiger partial charge in [0.2, 0.25) is 0 Å². The van der Waals surface area contributed by atoms with Gasteiger partial charge in [-0.05, 0) is 44.9 Å². The van der Waals surface area contributed by atoms with Gasteiger partial charge in [0.25, 0.3) is 0 Å². The lowest BCUT2D eigenvalue weighted by molar-refractivity contribution is -0.301. The zero-order valence-electron chi connectivity index (χ0n) is 38.2. The second-order valence-electron chi connectivity index (χ2n) is 16.7. The Balaban J connectivity index is 2.39. The second kappa shape index (κ2) is 39.9. The van der Waals surface area contributed by atoms with Crippen LogP contribution >= 0.6 is 0 Å². The van der Waals surface area contributed by atoms with E-state index < -0.39 is 59.8 Å². The van der Waals surface area contributed by atoms with E-state index >= 15 is 0 Å². The maximum atomic E-state index is 12.9. The SMILES string of the molecule is CC/C=C\C/C=C\C/C=C\CCCCCCCCCC(=O)OC(COCCCCCCCCCCCCCCCCCCC)COC1OC(CO)C(O)C(OS(=O)(=O)O)C1O. The van der Waals surface area contributed by atoms with Crippen LogP contribution in [0.25, 0.3) is 0 Å². The molecule has 1 saturated heterocycles. The average molecular weight is 889 g/mol. The van der Waals surface area contributed by atoms with E-state index in [-0.39, 0.29) is 19.6 Å². The summed E-state index contributed by atoms with van der Waals surface area (Å²) in [7, 11) is -5.06.